The molecule has 1 N–H and O–H groups in total. The van der Waals surface area contributed by atoms with Crippen molar-refractivity contribution in [2.45, 2.75) is 58.1 Å². The van der Waals surface area contributed by atoms with E-state index in [1.807, 2.05) is 18.7 Å². The zero-order chi connectivity index (χ0) is 18.0. The van der Waals surface area contributed by atoms with Crippen LogP contribution in [0.4, 0.5) is 0 Å². The number of fused-ring (bicyclic) bond motifs is 1. The molecular weight excluding hydrogens is 322 g/mol. The molecule has 0 spiro atoms. The van der Waals surface area contributed by atoms with Crippen LogP contribution in [-0.2, 0) is 20.7 Å². The lowest BCUT2D eigenvalue weighted by atomic mass is 9.81. The lowest BCUT2D eigenvalue weighted by molar-refractivity contribution is -0.154. The van der Waals surface area contributed by atoms with Gasteiger partial charge in [-0.1, -0.05) is 5.16 Å². The smallest absolute Gasteiger partial charge is 0.223 e. The summed E-state index contributed by atoms with van der Waals surface area (Å²) in [6, 6.07) is 0.00182. The van der Waals surface area contributed by atoms with E-state index in [1.165, 1.54) is 0 Å². The molecule has 7 nitrogen and oxygen atoms in total. The lowest BCUT2D eigenvalue weighted by Gasteiger charge is -2.45. The average molecular weight is 349 g/mol. The molecule has 1 aliphatic carbocycles. The topological polar surface area (TPSA) is 84.7 Å². The molecule has 3 atom stereocenters. The molecule has 1 aliphatic heterocycles. The number of carbonyl (C=O) groups is 2. The van der Waals surface area contributed by atoms with Crippen LogP contribution >= 0.6 is 0 Å². The zero-order valence-electron chi connectivity index (χ0n) is 15.2. The zero-order valence-corrected chi connectivity index (χ0v) is 15.2. The van der Waals surface area contributed by atoms with Crippen LogP contribution < -0.4 is 5.32 Å². The fourth-order valence-corrected chi connectivity index (χ4v) is 4.10. The summed E-state index contributed by atoms with van der Waals surface area (Å²) in [5.41, 5.74) is 1.87. The Morgan fingerprint density at radius 1 is 1.32 bits per heavy atom. The van der Waals surface area contributed by atoms with Gasteiger partial charge in [0.1, 0.15) is 5.76 Å². The van der Waals surface area contributed by atoms with Crippen molar-refractivity contribution in [1.82, 2.24) is 15.4 Å². The van der Waals surface area contributed by atoms with Gasteiger partial charge in [0.15, 0.2) is 0 Å². The Hall–Kier alpha value is -1.89. The Kier molecular flexibility index (Phi) is 5.42. The second-order valence-electron chi connectivity index (χ2n) is 6.99. The molecule has 0 aromatic carbocycles. The number of aryl methyl sites for hydroxylation is 2. The van der Waals surface area contributed by atoms with Crippen LogP contribution in [-0.4, -0.2) is 54.2 Å². The van der Waals surface area contributed by atoms with Gasteiger partial charge in [-0.05, 0) is 39.5 Å². The summed E-state index contributed by atoms with van der Waals surface area (Å²) in [5.74, 6) is 0.927. The molecule has 3 rings (SSSR count). The molecule has 1 saturated heterocycles. The minimum atomic E-state index is -0.0363. The predicted molar refractivity (Wildman–Crippen MR) is 90.9 cm³/mol. The van der Waals surface area contributed by atoms with E-state index in [4.69, 9.17) is 9.26 Å². The predicted octanol–water partition coefficient (Wildman–Crippen LogP) is 1.37. The third kappa shape index (κ3) is 3.71. The Morgan fingerprint density at radius 2 is 2.12 bits per heavy atom. The van der Waals surface area contributed by atoms with Gasteiger partial charge in [-0.3, -0.25) is 9.59 Å². The summed E-state index contributed by atoms with van der Waals surface area (Å²) >= 11 is 0. The molecule has 2 heterocycles. The number of hydrogen-bond donors (Lipinski definition) is 1. The minimum Gasteiger partial charge on any atom is -0.374 e. The highest BCUT2D eigenvalue weighted by Gasteiger charge is 2.41. The summed E-state index contributed by atoms with van der Waals surface area (Å²) in [7, 11) is 1.67. The molecule has 2 aliphatic rings. The van der Waals surface area contributed by atoms with E-state index < -0.39 is 0 Å². The molecule has 2 amide bonds. The van der Waals surface area contributed by atoms with Crippen LogP contribution in [0, 0.1) is 19.8 Å². The largest absolute Gasteiger partial charge is 0.374 e. The number of ether oxygens (including phenoxy) is 1. The Morgan fingerprint density at radius 3 is 2.80 bits per heavy atom. The Balaban J connectivity index is 1.65. The van der Waals surface area contributed by atoms with E-state index in [1.54, 1.807) is 7.05 Å². The van der Waals surface area contributed by atoms with Gasteiger partial charge in [-0.15, -0.1) is 0 Å². The third-order valence-corrected chi connectivity index (χ3v) is 5.53. The standard InChI is InChI=1S/C18H27N3O4/c1-11-14(12(2)25-20-11)5-7-17(22)21-8-9-24-16-6-4-13(10-15(16)21)18(23)19-3/h13,15-16H,4-10H2,1-3H3,(H,19,23)/t13-,15+,16+/m0/s1. The molecule has 0 radical (unpaired) electrons. The molecule has 0 unspecified atom stereocenters. The number of carbonyl (C=O) groups excluding carboxylic acids is 2. The van der Waals surface area contributed by atoms with Crippen molar-refractivity contribution < 1.29 is 18.8 Å². The number of rotatable bonds is 4. The van der Waals surface area contributed by atoms with Crippen molar-refractivity contribution in [2.24, 2.45) is 5.92 Å². The van der Waals surface area contributed by atoms with Gasteiger partial charge in [-0.2, -0.15) is 0 Å². The van der Waals surface area contributed by atoms with Crippen LogP contribution in [0.5, 0.6) is 0 Å². The Bertz CT molecular complexity index is 623. The summed E-state index contributed by atoms with van der Waals surface area (Å²) in [5, 5.41) is 6.68. The number of nitrogens with zero attached hydrogens (tertiary/aromatic N) is 2. The monoisotopic (exact) mass is 349 g/mol. The third-order valence-electron chi connectivity index (χ3n) is 5.53. The number of nitrogens with one attached hydrogen (secondary N) is 1. The van der Waals surface area contributed by atoms with E-state index in [0.717, 1.165) is 29.9 Å². The van der Waals surface area contributed by atoms with Gasteiger partial charge in [-0.25, -0.2) is 0 Å². The maximum absolute atomic E-state index is 12.8. The maximum atomic E-state index is 12.8. The first-order valence-corrected chi connectivity index (χ1v) is 9.05. The molecule has 1 aromatic heterocycles. The molecule has 138 valence electrons. The quantitative estimate of drug-likeness (QED) is 0.887. The normalized spacial score (nSPS) is 26.2. The van der Waals surface area contributed by atoms with Crippen molar-refractivity contribution >= 4 is 11.8 Å². The van der Waals surface area contributed by atoms with Gasteiger partial charge in [0.05, 0.1) is 24.4 Å². The molecule has 2 fully saturated rings. The first-order chi connectivity index (χ1) is 12.0. The molecule has 25 heavy (non-hydrogen) atoms. The average Bonchev–Trinajstić information content (AvgIpc) is 2.95. The summed E-state index contributed by atoms with van der Waals surface area (Å²) in [6.45, 7) is 4.95. The number of aromatic nitrogens is 1. The van der Waals surface area contributed by atoms with Gasteiger partial charge in [0, 0.05) is 31.5 Å². The van der Waals surface area contributed by atoms with Crippen LogP contribution in [0.15, 0.2) is 4.52 Å². The van der Waals surface area contributed by atoms with Crippen molar-refractivity contribution in [3.63, 3.8) is 0 Å². The van der Waals surface area contributed by atoms with Crippen LogP contribution in [0.2, 0.25) is 0 Å². The Labute approximate surface area is 148 Å². The van der Waals surface area contributed by atoms with Crippen molar-refractivity contribution in [3.8, 4) is 0 Å². The molecule has 0 bridgehead atoms. The summed E-state index contributed by atoms with van der Waals surface area (Å²) in [6.07, 6.45) is 3.45. The van der Waals surface area contributed by atoms with Crippen molar-refractivity contribution in [3.05, 3.63) is 17.0 Å². The summed E-state index contributed by atoms with van der Waals surface area (Å²) < 4.78 is 11.0. The van der Waals surface area contributed by atoms with Crippen LogP contribution in [0.3, 0.4) is 0 Å². The minimum absolute atomic E-state index is 0.00182. The van der Waals surface area contributed by atoms with Gasteiger partial charge in [0.2, 0.25) is 11.8 Å². The molecule has 7 heteroatoms. The highest BCUT2D eigenvalue weighted by Crippen LogP contribution is 2.33. The van der Waals surface area contributed by atoms with E-state index in [9.17, 15) is 9.59 Å². The fraction of sp³-hybridized carbons (Fsp3) is 0.722. The van der Waals surface area contributed by atoms with E-state index in [2.05, 4.69) is 10.5 Å². The molecular formula is C18H27N3O4. The number of amides is 2. The van der Waals surface area contributed by atoms with Crippen molar-refractivity contribution in [2.75, 3.05) is 20.2 Å². The molecule has 1 saturated carbocycles. The van der Waals surface area contributed by atoms with Gasteiger partial charge < -0.3 is 19.5 Å². The first-order valence-electron chi connectivity index (χ1n) is 9.05. The van der Waals surface area contributed by atoms with Gasteiger partial charge in [0.25, 0.3) is 0 Å². The van der Waals surface area contributed by atoms with E-state index in [0.29, 0.717) is 32.4 Å². The second-order valence-corrected chi connectivity index (χ2v) is 6.99. The lowest BCUT2D eigenvalue weighted by Crippen LogP contribution is -2.57. The maximum Gasteiger partial charge on any atom is 0.223 e. The highest BCUT2D eigenvalue weighted by molar-refractivity contribution is 5.79. The van der Waals surface area contributed by atoms with E-state index in [-0.39, 0.29) is 29.9 Å². The second kappa shape index (κ2) is 7.56. The van der Waals surface area contributed by atoms with Crippen LogP contribution in [0.1, 0.15) is 42.7 Å². The van der Waals surface area contributed by atoms with E-state index >= 15 is 0 Å². The molecule has 1 aromatic rings. The fourth-order valence-electron chi connectivity index (χ4n) is 4.10. The highest BCUT2D eigenvalue weighted by atomic mass is 16.5. The first kappa shape index (κ1) is 17.9. The number of hydrogen-bond acceptors (Lipinski definition) is 5. The van der Waals surface area contributed by atoms with Gasteiger partial charge >= 0.3 is 0 Å². The van der Waals surface area contributed by atoms with Crippen LogP contribution in [0.25, 0.3) is 0 Å². The SMILES string of the molecule is CNC(=O)[C@H]1CC[C@H]2OCCN(C(=O)CCc3c(C)noc3C)[C@@H]2C1. The van der Waals surface area contributed by atoms with Crippen molar-refractivity contribution in [1.29, 1.82) is 0 Å². The summed E-state index contributed by atoms with van der Waals surface area (Å²) in [4.78, 5) is 26.8. The number of morpholine rings is 1.